The van der Waals surface area contributed by atoms with Crippen molar-refractivity contribution in [3.05, 3.63) is 35.9 Å². The van der Waals surface area contributed by atoms with Crippen LogP contribution in [0, 0.1) is 6.92 Å². The summed E-state index contributed by atoms with van der Waals surface area (Å²) in [5.41, 5.74) is 0.819. The number of hydrogen-bond donors (Lipinski definition) is 1. The molecule has 9 heteroatoms. The van der Waals surface area contributed by atoms with Gasteiger partial charge in [0.15, 0.2) is 5.82 Å². The van der Waals surface area contributed by atoms with Crippen molar-refractivity contribution in [2.45, 2.75) is 33.4 Å². The van der Waals surface area contributed by atoms with E-state index in [9.17, 15) is 4.79 Å². The van der Waals surface area contributed by atoms with Gasteiger partial charge in [0.2, 0.25) is 5.82 Å². The summed E-state index contributed by atoms with van der Waals surface area (Å²) in [5, 5.41) is 18.4. The van der Waals surface area contributed by atoms with Crippen molar-refractivity contribution in [2.24, 2.45) is 0 Å². The number of aryl methyl sites for hydroxylation is 2. The first-order chi connectivity index (χ1) is 10.7. The molecule has 0 fully saturated rings. The van der Waals surface area contributed by atoms with E-state index in [1.807, 2.05) is 11.5 Å². The Hall–Kier alpha value is -2.84. The first-order valence-electron chi connectivity index (χ1n) is 7.02. The summed E-state index contributed by atoms with van der Waals surface area (Å²) < 4.78 is 3.46. The molecule has 0 unspecified atom stereocenters. The zero-order valence-electron chi connectivity index (χ0n) is 12.4. The van der Waals surface area contributed by atoms with Crippen LogP contribution in [-0.2, 0) is 13.1 Å². The molecule has 9 nitrogen and oxygen atoms in total. The van der Waals surface area contributed by atoms with Crippen LogP contribution in [0.15, 0.2) is 18.6 Å². The second kappa shape index (κ2) is 5.88. The molecule has 1 amide bonds. The van der Waals surface area contributed by atoms with Crippen molar-refractivity contribution in [3.63, 3.8) is 0 Å². The summed E-state index contributed by atoms with van der Waals surface area (Å²) in [6.45, 7) is 5.02. The number of carbonyl (C=O) groups is 1. The number of aromatic nitrogens is 7. The van der Waals surface area contributed by atoms with Crippen LogP contribution in [0.3, 0.4) is 0 Å². The van der Waals surface area contributed by atoms with Crippen molar-refractivity contribution in [1.29, 1.82) is 0 Å². The van der Waals surface area contributed by atoms with Crippen LogP contribution in [0.4, 0.5) is 0 Å². The fourth-order valence-corrected chi connectivity index (χ4v) is 2.11. The van der Waals surface area contributed by atoms with Crippen molar-refractivity contribution < 1.29 is 4.79 Å². The van der Waals surface area contributed by atoms with Crippen LogP contribution in [-0.4, -0.2) is 40.3 Å². The molecule has 114 valence electrons. The van der Waals surface area contributed by atoms with Crippen LogP contribution >= 0.6 is 0 Å². The zero-order valence-corrected chi connectivity index (χ0v) is 12.4. The van der Waals surface area contributed by atoms with E-state index in [0.717, 1.165) is 18.7 Å². The molecule has 0 aliphatic carbocycles. The number of hydrogen-bond acceptors (Lipinski definition) is 6. The van der Waals surface area contributed by atoms with Gasteiger partial charge < -0.3 is 9.88 Å². The number of amides is 1. The predicted molar refractivity (Wildman–Crippen MR) is 77.0 cm³/mol. The lowest BCUT2D eigenvalue weighted by molar-refractivity contribution is 0.0938. The molecule has 0 aromatic carbocycles. The van der Waals surface area contributed by atoms with Gasteiger partial charge in [0.25, 0.3) is 11.7 Å². The minimum atomic E-state index is -0.329. The Morgan fingerprint density at radius 2 is 2.18 bits per heavy atom. The standard InChI is InChI=1S/C13H16N8O/c1-3-5-20-8-15-17-10(20)7-14-12(22)11-18-19-13-16-9(2)4-6-21(11)13/h4,6,8H,3,5,7H2,1-2H3,(H,14,22). The third-order valence-electron chi connectivity index (χ3n) is 3.19. The van der Waals surface area contributed by atoms with Crippen LogP contribution in [0.25, 0.3) is 5.78 Å². The highest BCUT2D eigenvalue weighted by Crippen LogP contribution is 2.03. The maximum atomic E-state index is 12.2. The second-order valence-electron chi connectivity index (χ2n) is 4.89. The first kappa shape index (κ1) is 14.1. The Labute approximate surface area is 126 Å². The van der Waals surface area contributed by atoms with Crippen LogP contribution in [0.1, 0.15) is 35.5 Å². The maximum absolute atomic E-state index is 12.2. The Morgan fingerprint density at radius 3 is 3.00 bits per heavy atom. The van der Waals surface area contributed by atoms with E-state index >= 15 is 0 Å². The SMILES string of the molecule is CCCn1cnnc1CNC(=O)c1nnc2nc(C)ccn12. The Bertz CT molecular complexity index is 805. The summed E-state index contributed by atoms with van der Waals surface area (Å²) in [5.74, 6) is 0.977. The largest absolute Gasteiger partial charge is 0.342 e. The van der Waals surface area contributed by atoms with Gasteiger partial charge in [-0.2, -0.15) is 0 Å². The summed E-state index contributed by atoms with van der Waals surface area (Å²) in [7, 11) is 0. The topological polar surface area (TPSA) is 103 Å². The number of nitrogens with zero attached hydrogens (tertiary/aromatic N) is 7. The van der Waals surface area contributed by atoms with Crippen LogP contribution in [0.2, 0.25) is 0 Å². The van der Waals surface area contributed by atoms with Crippen LogP contribution < -0.4 is 5.32 Å². The van der Waals surface area contributed by atoms with Crippen molar-refractivity contribution >= 4 is 11.7 Å². The summed E-state index contributed by atoms with van der Waals surface area (Å²) in [6.07, 6.45) is 4.36. The zero-order chi connectivity index (χ0) is 15.5. The van der Waals surface area contributed by atoms with Gasteiger partial charge in [-0.3, -0.25) is 9.20 Å². The molecule has 3 aromatic rings. The summed E-state index contributed by atoms with van der Waals surface area (Å²) >= 11 is 0. The molecular weight excluding hydrogens is 284 g/mol. The third-order valence-corrected chi connectivity index (χ3v) is 3.19. The lowest BCUT2D eigenvalue weighted by Gasteiger charge is -2.06. The van der Waals surface area contributed by atoms with Gasteiger partial charge in [0.1, 0.15) is 6.33 Å². The number of rotatable bonds is 5. The van der Waals surface area contributed by atoms with E-state index in [2.05, 4.69) is 37.6 Å². The van der Waals surface area contributed by atoms with E-state index in [1.54, 1.807) is 23.0 Å². The molecule has 3 heterocycles. The first-order valence-corrected chi connectivity index (χ1v) is 7.02. The van der Waals surface area contributed by atoms with E-state index in [0.29, 0.717) is 11.6 Å². The van der Waals surface area contributed by atoms with Gasteiger partial charge in [-0.1, -0.05) is 6.92 Å². The van der Waals surface area contributed by atoms with Gasteiger partial charge in [0, 0.05) is 18.4 Å². The lowest BCUT2D eigenvalue weighted by atomic mass is 10.4. The Morgan fingerprint density at radius 1 is 1.32 bits per heavy atom. The molecule has 0 aliphatic heterocycles. The average Bonchev–Trinajstić information content (AvgIpc) is 3.11. The fraction of sp³-hybridized carbons (Fsp3) is 0.385. The van der Waals surface area contributed by atoms with Gasteiger partial charge >= 0.3 is 0 Å². The van der Waals surface area contributed by atoms with Crippen molar-refractivity contribution in [2.75, 3.05) is 0 Å². The quantitative estimate of drug-likeness (QED) is 0.730. The third kappa shape index (κ3) is 2.65. The molecule has 0 spiro atoms. The predicted octanol–water partition coefficient (Wildman–Crippen LogP) is 0.364. The molecule has 0 saturated heterocycles. The van der Waals surface area contributed by atoms with Gasteiger partial charge in [0.05, 0.1) is 6.54 Å². The molecule has 3 aromatic heterocycles. The molecule has 0 aliphatic rings. The van der Waals surface area contributed by atoms with E-state index in [1.165, 1.54) is 0 Å². The molecule has 0 radical (unpaired) electrons. The monoisotopic (exact) mass is 300 g/mol. The highest BCUT2D eigenvalue weighted by atomic mass is 16.2. The maximum Gasteiger partial charge on any atom is 0.290 e. The van der Waals surface area contributed by atoms with Gasteiger partial charge in [-0.05, 0) is 19.4 Å². The molecule has 22 heavy (non-hydrogen) atoms. The van der Waals surface area contributed by atoms with Crippen molar-refractivity contribution in [1.82, 2.24) is 39.7 Å². The molecule has 0 bridgehead atoms. The Kier molecular flexibility index (Phi) is 3.77. The molecule has 0 atom stereocenters. The highest BCUT2D eigenvalue weighted by molar-refractivity contribution is 5.91. The molecule has 0 saturated carbocycles. The summed E-state index contributed by atoms with van der Waals surface area (Å²) in [6, 6.07) is 1.80. The van der Waals surface area contributed by atoms with Crippen molar-refractivity contribution in [3.8, 4) is 0 Å². The normalized spacial score (nSPS) is 11.0. The minimum absolute atomic E-state index is 0.198. The smallest absolute Gasteiger partial charge is 0.290 e. The number of carbonyl (C=O) groups excluding carboxylic acids is 1. The second-order valence-corrected chi connectivity index (χ2v) is 4.89. The van der Waals surface area contributed by atoms with E-state index in [-0.39, 0.29) is 18.3 Å². The number of fused-ring (bicyclic) bond motifs is 1. The fourth-order valence-electron chi connectivity index (χ4n) is 2.11. The summed E-state index contributed by atoms with van der Waals surface area (Å²) in [4.78, 5) is 16.5. The molecular formula is C13H16N8O. The minimum Gasteiger partial charge on any atom is -0.342 e. The average molecular weight is 300 g/mol. The van der Waals surface area contributed by atoms with Gasteiger partial charge in [-0.25, -0.2) is 4.98 Å². The molecule has 1 N–H and O–H groups in total. The van der Waals surface area contributed by atoms with E-state index in [4.69, 9.17) is 0 Å². The van der Waals surface area contributed by atoms with Crippen LogP contribution in [0.5, 0.6) is 0 Å². The van der Waals surface area contributed by atoms with E-state index < -0.39 is 0 Å². The highest BCUT2D eigenvalue weighted by Gasteiger charge is 2.15. The number of nitrogens with one attached hydrogen (secondary N) is 1. The lowest BCUT2D eigenvalue weighted by Crippen LogP contribution is -2.26. The molecule has 3 rings (SSSR count). The Balaban J connectivity index is 1.75. The van der Waals surface area contributed by atoms with Gasteiger partial charge in [-0.15, -0.1) is 20.4 Å².